The predicted molar refractivity (Wildman–Crippen MR) is 71.0 cm³/mol. The highest BCUT2D eigenvalue weighted by atomic mass is 16.1. The van der Waals surface area contributed by atoms with Gasteiger partial charge in [-0.05, 0) is 30.5 Å². The first-order valence-corrected chi connectivity index (χ1v) is 6.64. The van der Waals surface area contributed by atoms with Gasteiger partial charge in [0, 0.05) is 24.2 Å². The lowest BCUT2D eigenvalue weighted by Crippen LogP contribution is -2.20. The first kappa shape index (κ1) is 13.9. The van der Waals surface area contributed by atoms with Gasteiger partial charge in [-0.25, -0.2) is 0 Å². The van der Waals surface area contributed by atoms with Gasteiger partial charge >= 0.3 is 0 Å². The van der Waals surface area contributed by atoms with E-state index in [-0.39, 0.29) is 11.8 Å². The van der Waals surface area contributed by atoms with Crippen molar-refractivity contribution in [2.45, 2.75) is 52.4 Å². The Kier molecular flexibility index (Phi) is 5.88. The zero-order valence-electron chi connectivity index (χ0n) is 11.1. The summed E-state index contributed by atoms with van der Waals surface area (Å²) in [6.45, 7) is 6.28. The largest absolute Gasteiger partial charge is 0.299 e. The fraction of sp³-hybridized carbons (Fsp3) is 0.600. The van der Waals surface area contributed by atoms with Gasteiger partial charge in [0.15, 0.2) is 0 Å². The number of pyridine rings is 1. The molecule has 0 aliphatic heterocycles. The van der Waals surface area contributed by atoms with Crippen LogP contribution in [0.3, 0.4) is 0 Å². The number of hydrogen-bond donors (Lipinski definition) is 0. The Bertz CT molecular complexity index is 334. The van der Waals surface area contributed by atoms with Crippen LogP contribution in [0.1, 0.15) is 57.9 Å². The van der Waals surface area contributed by atoms with Crippen LogP contribution >= 0.6 is 0 Å². The summed E-state index contributed by atoms with van der Waals surface area (Å²) in [6.07, 6.45) is 7.80. The summed E-state index contributed by atoms with van der Waals surface area (Å²) in [5.74, 6) is 0.602. The van der Waals surface area contributed by atoms with Crippen molar-refractivity contribution in [1.82, 2.24) is 4.98 Å². The summed E-state index contributed by atoms with van der Waals surface area (Å²) in [4.78, 5) is 16.4. The number of nitrogens with zero attached hydrogens (tertiary/aromatic N) is 1. The molecule has 0 N–H and O–H groups in total. The Morgan fingerprint density at radius 1 is 1.29 bits per heavy atom. The fourth-order valence-electron chi connectivity index (χ4n) is 2.17. The predicted octanol–water partition coefficient (Wildman–Crippen LogP) is 3.97. The second kappa shape index (κ2) is 7.21. The maximum atomic E-state index is 12.4. The number of carbonyl (C=O) groups is 1. The van der Waals surface area contributed by atoms with E-state index >= 15 is 0 Å². The highest BCUT2D eigenvalue weighted by molar-refractivity contribution is 5.87. The molecule has 0 saturated carbocycles. The zero-order chi connectivity index (χ0) is 12.7. The Hall–Kier alpha value is -1.18. The van der Waals surface area contributed by atoms with Crippen LogP contribution in [0.25, 0.3) is 0 Å². The van der Waals surface area contributed by atoms with Crippen LogP contribution in [0.15, 0.2) is 24.5 Å². The van der Waals surface area contributed by atoms with Crippen molar-refractivity contribution in [3.63, 3.8) is 0 Å². The van der Waals surface area contributed by atoms with Crippen LogP contribution in [0.5, 0.6) is 0 Å². The van der Waals surface area contributed by atoms with Crippen LogP contribution in [0.2, 0.25) is 0 Å². The second-order valence-corrected chi connectivity index (χ2v) is 4.65. The Balaban J connectivity index is 2.67. The minimum absolute atomic E-state index is 0.000180. The van der Waals surface area contributed by atoms with Gasteiger partial charge < -0.3 is 0 Å². The molecule has 94 valence electrons. The lowest BCUT2D eigenvalue weighted by Gasteiger charge is -2.18. The van der Waals surface area contributed by atoms with Crippen molar-refractivity contribution in [2.75, 3.05) is 0 Å². The Morgan fingerprint density at radius 2 is 1.94 bits per heavy atom. The second-order valence-electron chi connectivity index (χ2n) is 4.65. The molecule has 0 fully saturated rings. The number of aromatic nitrogens is 1. The third-order valence-electron chi connectivity index (χ3n) is 3.43. The molecule has 0 aliphatic carbocycles. The van der Waals surface area contributed by atoms with E-state index in [1.807, 2.05) is 19.1 Å². The molecular formula is C15H23NO. The smallest absolute Gasteiger partial charge is 0.143 e. The molecule has 0 aromatic carbocycles. The minimum atomic E-state index is -0.000180. The van der Waals surface area contributed by atoms with E-state index in [4.69, 9.17) is 0 Å². The first-order valence-electron chi connectivity index (χ1n) is 6.64. The quantitative estimate of drug-likeness (QED) is 0.713. The zero-order valence-corrected chi connectivity index (χ0v) is 11.1. The Morgan fingerprint density at radius 3 is 2.47 bits per heavy atom. The first-order chi connectivity index (χ1) is 8.20. The third kappa shape index (κ3) is 3.95. The molecule has 0 saturated heterocycles. The van der Waals surface area contributed by atoms with Gasteiger partial charge in [-0.2, -0.15) is 0 Å². The van der Waals surface area contributed by atoms with Crippen LogP contribution in [-0.2, 0) is 4.79 Å². The number of ketones is 1. The summed E-state index contributed by atoms with van der Waals surface area (Å²) < 4.78 is 0. The van der Waals surface area contributed by atoms with Crippen molar-refractivity contribution in [2.24, 2.45) is 5.92 Å². The van der Waals surface area contributed by atoms with E-state index in [2.05, 4.69) is 18.8 Å². The van der Waals surface area contributed by atoms with Crippen LogP contribution in [-0.4, -0.2) is 10.8 Å². The number of carbonyl (C=O) groups excluding carboxylic acids is 1. The maximum Gasteiger partial charge on any atom is 0.143 e. The van der Waals surface area contributed by atoms with Gasteiger partial charge in [-0.1, -0.05) is 33.6 Å². The average molecular weight is 233 g/mol. The summed E-state index contributed by atoms with van der Waals surface area (Å²) in [5, 5.41) is 0. The molecule has 17 heavy (non-hydrogen) atoms. The third-order valence-corrected chi connectivity index (χ3v) is 3.43. The van der Waals surface area contributed by atoms with Crippen molar-refractivity contribution < 1.29 is 4.79 Å². The number of unbranched alkanes of at least 4 members (excludes halogenated alkanes) is 1. The van der Waals surface area contributed by atoms with Crippen molar-refractivity contribution >= 4 is 5.78 Å². The summed E-state index contributed by atoms with van der Waals surface area (Å²) >= 11 is 0. The van der Waals surface area contributed by atoms with Gasteiger partial charge in [0.1, 0.15) is 5.78 Å². The molecule has 0 bridgehead atoms. The van der Waals surface area contributed by atoms with Gasteiger partial charge in [0.2, 0.25) is 0 Å². The molecule has 0 radical (unpaired) electrons. The average Bonchev–Trinajstić information content (AvgIpc) is 2.39. The topological polar surface area (TPSA) is 30.0 Å². The molecule has 1 heterocycles. The van der Waals surface area contributed by atoms with Gasteiger partial charge in [0.25, 0.3) is 0 Å². The molecule has 0 amide bonds. The molecule has 2 heteroatoms. The highest BCUT2D eigenvalue weighted by Crippen LogP contribution is 2.24. The molecule has 2 unspecified atom stereocenters. The standard InChI is InChI=1S/C15H23NO/c1-4-6-7-13(5-2)15(17)12(3)14-8-10-16-11-9-14/h8-13H,4-7H2,1-3H3. The lowest BCUT2D eigenvalue weighted by atomic mass is 9.85. The number of Topliss-reactive ketones (excluding diaryl/α,β-unsaturated/α-hetero) is 1. The van der Waals surface area contributed by atoms with Gasteiger partial charge in [-0.3, -0.25) is 9.78 Å². The molecule has 0 spiro atoms. The molecule has 1 aromatic rings. The number of hydrogen-bond acceptors (Lipinski definition) is 2. The summed E-state index contributed by atoms with van der Waals surface area (Å²) in [7, 11) is 0. The number of rotatable bonds is 7. The maximum absolute atomic E-state index is 12.4. The summed E-state index contributed by atoms with van der Waals surface area (Å²) in [6, 6.07) is 3.88. The fourth-order valence-corrected chi connectivity index (χ4v) is 2.17. The lowest BCUT2D eigenvalue weighted by molar-refractivity contribution is -0.124. The Labute approximate surface area is 104 Å². The SMILES string of the molecule is CCCCC(CC)C(=O)C(C)c1ccncc1. The molecule has 2 atom stereocenters. The summed E-state index contributed by atoms with van der Waals surface area (Å²) in [5.41, 5.74) is 1.08. The van der Waals surface area contributed by atoms with E-state index in [0.29, 0.717) is 5.78 Å². The van der Waals surface area contributed by atoms with E-state index in [9.17, 15) is 4.79 Å². The van der Waals surface area contributed by atoms with Crippen molar-refractivity contribution in [3.8, 4) is 0 Å². The van der Waals surface area contributed by atoms with Gasteiger partial charge in [-0.15, -0.1) is 0 Å². The van der Waals surface area contributed by atoms with E-state index in [0.717, 1.165) is 31.2 Å². The van der Waals surface area contributed by atoms with Crippen LogP contribution < -0.4 is 0 Å². The minimum Gasteiger partial charge on any atom is -0.299 e. The molecule has 1 rings (SSSR count). The molecular weight excluding hydrogens is 210 g/mol. The molecule has 1 aromatic heterocycles. The van der Waals surface area contributed by atoms with E-state index in [1.54, 1.807) is 12.4 Å². The van der Waals surface area contributed by atoms with Crippen LogP contribution in [0.4, 0.5) is 0 Å². The normalized spacial score (nSPS) is 14.3. The van der Waals surface area contributed by atoms with E-state index in [1.165, 1.54) is 0 Å². The van der Waals surface area contributed by atoms with Crippen molar-refractivity contribution in [3.05, 3.63) is 30.1 Å². The van der Waals surface area contributed by atoms with E-state index < -0.39 is 0 Å². The molecule has 0 aliphatic rings. The highest BCUT2D eigenvalue weighted by Gasteiger charge is 2.22. The molecule has 2 nitrogen and oxygen atoms in total. The van der Waals surface area contributed by atoms with Gasteiger partial charge in [0.05, 0.1) is 0 Å². The van der Waals surface area contributed by atoms with Crippen molar-refractivity contribution in [1.29, 1.82) is 0 Å². The van der Waals surface area contributed by atoms with Crippen LogP contribution in [0, 0.1) is 5.92 Å². The monoisotopic (exact) mass is 233 g/mol.